The van der Waals surface area contributed by atoms with Crippen LogP contribution >= 0.6 is 0 Å². The highest BCUT2D eigenvalue weighted by Crippen LogP contribution is 2.22. The van der Waals surface area contributed by atoms with Gasteiger partial charge in [0.25, 0.3) is 5.56 Å². The molecule has 4 heterocycles. The van der Waals surface area contributed by atoms with E-state index in [4.69, 9.17) is 0 Å². The first-order valence-electron chi connectivity index (χ1n) is 9.85. The van der Waals surface area contributed by atoms with Crippen LogP contribution in [-0.2, 0) is 20.6 Å². The van der Waals surface area contributed by atoms with Crippen molar-refractivity contribution in [2.24, 2.45) is 14.1 Å². The van der Waals surface area contributed by atoms with Gasteiger partial charge in [0.15, 0.2) is 11.2 Å². The Bertz CT molecular complexity index is 1550. The Morgan fingerprint density at radius 3 is 2.52 bits per heavy atom. The van der Waals surface area contributed by atoms with Crippen LogP contribution in [0.25, 0.3) is 22.1 Å². The average Bonchev–Trinajstić information content (AvgIpc) is 3.27. The topological polar surface area (TPSA) is 103 Å². The number of rotatable bonds is 4. The van der Waals surface area contributed by atoms with Crippen molar-refractivity contribution in [3.8, 4) is 0 Å². The first kappa shape index (κ1) is 18.9. The molecule has 9 nitrogen and oxygen atoms in total. The maximum atomic E-state index is 13.4. The summed E-state index contributed by atoms with van der Waals surface area (Å²) in [5, 5.41) is 4.25. The van der Waals surface area contributed by atoms with E-state index in [9.17, 15) is 9.59 Å². The zero-order valence-electron chi connectivity index (χ0n) is 17.4. The fourth-order valence-corrected chi connectivity index (χ4v) is 3.91. The Hall–Kier alpha value is -4.14. The fraction of sp³-hybridized carbons (Fsp3) is 0.182. The van der Waals surface area contributed by atoms with Gasteiger partial charge < -0.3 is 14.9 Å². The molecule has 156 valence electrons. The maximum Gasteiger partial charge on any atom is 0.332 e. The van der Waals surface area contributed by atoms with E-state index in [1.165, 1.54) is 9.13 Å². The predicted octanol–water partition coefficient (Wildman–Crippen LogP) is 2.41. The second-order valence-electron chi connectivity index (χ2n) is 7.53. The first-order chi connectivity index (χ1) is 15.0. The number of aromatic amines is 1. The van der Waals surface area contributed by atoms with Crippen molar-refractivity contribution in [2.45, 2.75) is 13.5 Å². The van der Waals surface area contributed by atoms with Gasteiger partial charge in [0.05, 0.1) is 6.54 Å². The quantitative estimate of drug-likeness (QED) is 0.469. The normalized spacial score (nSPS) is 11.5. The van der Waals surface area contributed by atoms with Gasteiger partial charge in [0, 0.05) is 48.8 Å². The molecular weight excluding hydrogens is 394 g/mol. The van der Waals surface area contributed by atoms with E-state index in [1.807, 2.05) is 31.2 Å². The van der Waals surface area contributed by atoms with E-state index in [0.29, 0.717) is 17.1 Å². The summed E-state index contributed by atoms with van der Waals surface area (Å²) >= 11 is 0. The monoisotopic (exact) mass is 415 g/mol. The van der Waals surface area contributed by atoms with E-state index in [0.717, 1.165) is 27.8 Å². The van der Waals surface area contributed by atoms with Gasteiger partial charge >= 0.3 is 5.69 Å². The van der Waals surface area contributed by atoms with Gasteiger partial charge in [-0.1, -0.05) is 18.2 Å². The number of para-hydroxylation sites is 1. The number of hydrogen-bond acceptors (Lipinski definition) is 5. The smallest absolute Gasteiger partial charge is 0.332 e. The molecular formula is C22H21N7O2. The predicted molar refractivity (Wildman–Crippen MR) is 120 cm³/mol. The molecule has 0 aliphatic rings. The molecule has 0 aliphatic carbocycles. The molecule has 0 saturated heterocycles. The van der Waals surface area contributed by atoms with Crippen LogP contribution in [0.1, 0.15) is 11.3 Å². The molecule has 0 fully saturated rings. The van der Waals surface area contributed by atoms with Crippen LogP contribution in [0.5, 0.6) is 0 Å². The van der Waals surface area contributed by atoms with Crippen LogP contribution in [0.4, 0.5) is 11.6 Å². The number of hydrogen-bond donors (Lipinski definition) is 2. The van der Waals surface area contributed by atoms with Crippen molar-refractivity contribution in [3.63, 3.8) is 0 Å². The molecule has 0 radical (unpaired) electrons. The van der Waals surface area contributed by atoms with Crippen molar-refractivity contribution in [2.75, 3.05) is 5.32 Å². The van der Waals surface area contributed by atoms with Crippen molar-refractivity contribution < 1.29 is 0 Å². The molecule has 0 amide bonds. The first-order valence-corrected chi connectivity index (χ1v) is 9.85. The maximum absolute atomic E-state index is 13.4. The van der Waals surface area contributed by atoms with Gasteiger partial charge in [0.2, 0.25) is 5.95 Å². The number of nitrogens with zero attached hydrogens (tertiary/aromatic N) is 5. The largest absolute Gasteiger partial charge is 0.357 e. The van der Waals surface area contributed by atoms with Gasteiger partial charge in [0.1, 0.15) is 0 Å². The lowest BCUT2D eigenvalue weighted by Gasteiger charge is -2.09. The summed E-state index contributed by atoms with van der Waals surface area (Å²) in [6, 6.07) is 11.5. The highest BCUT2D eigenvalue weighted by molar-refractivity contribution is 5.84. The number of anilines is 2. The molecule has 0 saturated carbocycles. The molecule has 1 aromatic carbocycles. The Kier molecular flexibility index (Phi) is 4.25. The summed E-state index contributed by atoms with van der Waals surface area (Å²) in [6.45, 7) is 2.14. The zero-order valence-corrected chi connectivity index (χ0v) is 17.4. The lowest BCUT2D eigenvalue weighted by atomic mass is 10.1. The molecule has 0 bridgehead atoms. The third-order valence-corrected chi connectivity index (χ3v) is 5.68. The summed E-state index contributed by atoms with van der Waals surface area (Å²) in [5.74, 6) is 0.466. The Morgan fingerprint density at radius 1 is 1.03 bits per heavy atom. The molecule has 0 spiro atoms. The van der Waals surface area contributed by atoms with E-state index in [1.54, 1.807) is 43.2 Å². The highest BCUT2D eigenvalue weighted by atomic mass is 16.2. The van der Waals surface area contributed by atoms with Crippen molar-refractivity contribution >= 4 is 33.7 Å². The minimum atomic E-state index is -0.413. The minimum Gasteiger partial charge on any atom is -0.357 e. The SMILES string of the molecule is Cc1c(Cn2c(=O)c3c(nc(Nc4ccncc4)n3C)n(C)c2=O)[nH]c2ccccc12. The highest BCUT2D eigenvalue weighted by Gasteiger charge is 2.20. The van der Waals surface area contributed by atoms with E-state index >= 15 is 0 Å². The van der Waals surface area contributed by atoms with Crippen LogP contribution in [0.2, 0.25) is 0 Å². The van der Waals surface area contributed by atoms with Crippen molar-refractivity contribution in [1.29, 1.82) is 0 Å². The summed E-state index contributed by atoms with van der Waals surface area (Å²) in [5.41, 5.74) is 3.51. The Morgan fingerprint density at radius 2 is 1.77 bits per heavy atom. The molecule has 0 unspecified atom stereocenters. The van der Waals surface area contributed by atoms with E-state index in [2.05, 4.69) is 20.3 Å². The molecule has 9 heteroatoms. The van der Waals surface area contributed by atoms with Gasteiger partial charge in [-0.25, -0.2) is 4.79 Å². The van der Waals surface area contributed by atoms with Gasteiger partial charge in [-0.05, 0) is 30.7 Å². The molecule has 5 rings (SSSR count). The standard InChI is InChI=1S/C22H21N7O2/c1-13-15-6-4-5-7-16(15)25-17(13)12-29-20(30)18-19(28(3)22(29)31)26-21(27(18)2)24-14-8-10-23-11-9-14/h4-11,25H,12H2,1-3H3,(H,23,24,26). The van der Waals surface area contributed by atoms with Gasteiger partial charge in [-0.15, -0.1) is 0 Å². The molecule has 0 aliphatic heterocycles. The number of nitrogens with one attached hydrogen (secondary N) is 2. The molecule has 4 aromatic heterocycles. The van der Waals surface area contributed by atoms with Gasteiger partial charge in [-0.3, -0.25) is 18.9 Å². The molecule has 0 atom stereocenters. The van der Waals surface area contributed by atoms with E-state index < -0.39 is 5.69 Å². The van der Waals surface area contributed by atoms with Crippen LogP contribution < -0.4 is 16.6 Å². The number of aryl methyl sites for hydroxylation is 3. The molecule has 31 heavy (non-hydrogen) atoms. The second kappa shape index (κ2) is 6.98. The number of benzene rings is 1. The van der Waals surface area contributed by atoms with E-state index in [-0.39, 0.29) is 12.1 Å². The van der Waals surface area contributed by atoms with Crippen molar-refractivity contribution in [1.82, 2.24) is 28.7 Å². The van der Waals surface area contributed by atoms with Crippen LogP contribution in [-0.4, -0.2) is 28.7 Å². The van der Waals surface area contributed by atoms with Crippen LogP contribution in [0.3, 0.4) is 0 Å². The minimum absolute atomic E-state index is 0.153. The Balaban J connectivity index is 1.65. The fourth-order valence-electron chi connectivity index (χ4n) is 3.91. The number of aromatic nitrogens is 6. The Labute approximate surface area is 176 Å². The lowest BCUT2D eigenvalue weighted by molar-refractivity contribution is 0.646. The third-order valence-electron chi connectivity index (χ3n) is 5.68. The third kappa shape index (κ3) is 2.93. The number of fused-ring (bicyclic) bond motifs is 2. The molecule has 5 aromatic rings. The molecule has 2 N–H and O–H groups in total. The van der Waals surface area contributed by atoms with Crippen molar-refractivity contribution in [3.05, 3.63) is 80.9 Å². The lowest BCUT2D eigenvalue weighted by Crippen LogP contribution is -2.40. The number of imidazole rings is 1. The van der Waals surface area contributed by atoms with Crippen LogP contribution in [0, 0.1) is 6.92 Å². The van der Waals surface area contributed by atoms with Gasteiger partial charge in [-0.2, -0.15) is 4.98 Å². The summed E-state index contributed by atoms with van der Waals surface area (Å²) in [6.07, 6.45) is 3.33. The number of H-pyrrole nitrogens is 1. The number of pyridine rings is 1. The summed E-state index contributed by atoms with van der Waals surface area (Å²) in [7, 11) is 3.38. The second-order valence-corrected chi connectivity index (χ2v) is 7.53. The average molecular weight is 415 g/mol. The summed E-state index contributed by atoms with van der Waals surface area (Å²) < 4.78 is 4.33. The zero-order chi connectivity index (χ0) is 21.7. The summed E-state index contributed by atoms with van der Waals surface area (Å²) in [4.78, 5) is 38.2. The van der Waals surface area contributed by atoms with Crippen LogP contribution in [0.15, 0.2) is 58.4 Å².